The molecule has 0 radical (unpaired) electrons. The van der Waals surface area contributed by atoms with E-state index < -0.39 is 0 Å². The zero-order valence-corrected chi connectivity index (χ0v) is 8.39. The van der Waals surface area contributed by atoms with Crippen molar-refractivity contribution in [2.24, 2.45) is 5.92 Å². The van der Waals surface area contributed by atoms with Gasteiger partial charge in [-0.3, -0.25) is 0 Å². The van der Waals surface area contributed by atoms with Crippen LogP contribution in [0.1, 0.15) is 27.7 Å². The van der Waals surface area contributed by atoms with Crippen LogP contribution in [0, 0.1) is 5.92 Å². The Hall–Kier alpha value is -0.980. The summed E-state index contributed by atoms with van der Waals surface area (Å²) in [5.74, 6) is 0.654. The number of rotatable bonds is 3. The van der Waals surface area contributed by atoms with Crippen LogP contribution in [0.2, 0.25) is 0 Å². The lowest BCUT2D eigenvalue weighted by molar-refractivity contribution is 0.411. The minimum Gasteiger partial charge on any atom is -0.507 e. The van der Waals surface area contributed by atoms with E-state index in [1.807, 2.05) is 19.1 Å². The van der Waals surface area contributed by atoms with E-state index in [9.17, 15) is 5.11 Å². The Morgan fingerprint density at radius 3 is 2.17 bits per heavy atom. The first-order valence-corrected chi connectivity index (χ1v) is 4.22. The molecule has 0 aliphatic heterocycles. The van der Waals surface area contributed by atoms with E-state index in [0.717, 1.165) is 11.1 Å². The fraction of sp³-hybridized carbons (Fsp3) is 0.455. The lowest BCUT2D eigenvalue weighted by atomic mass is 9.99. The smallest absolute Gasteiger partial charge is 0.121 e. The predicted molar refractivity (Wildman–Crippen MR) is 54.1 cm³/mol. The highest BCUT2D eigenvalue weighted by Gasteiger charge is 2.06. The maximum absolute atomic E-state index is 9.62. The molecule has 0 aliphatic rings. The summed E-state index contributed by atoms with van der Waals surface area (Å²) < 4.78 is 0. The molecule has 0 saturated carbocycles. The van der Waals surface area contributed by atoms with E-state index in [0.29, 0.717) is 11.7 Å². The third kappa shape index (κ3) is 2.95. The highest BCUT2D eigenvalue weighted by molar-refractivity contribution is 5.33. The van der Waals surface area contributed by atoms with Crippen molar-refractivity contribution in [2.45, 2.75) is 27.7 Å². The molecule has 12 heavy (non-hydrogen) atoms. The molecule has 0 aliphatic carbocycles. The second-order valence-electron chi connectivity index (χ2n) is 3.24. The zero-order valence-electron chi connectivity index (χ0n) is 8.39. The normalized spacial score (nSPS) is 13.8. The molecule has 0 heterocycles. The minimum atomic E-state index is 0.322. The van der Waals surface area contributed by atoms with Crippen LogP contribution >= 0.6 is 0 Å². The number of allylic oxidation sites excluding steroid dienone is 4. The van der Waals surface area contributed by atoms with E-state index in [1.165, 1.54) is 0 Å². The summed E-state index contributed by atoms with van der Waals surface area (Å²) in [6, 6.07) is 0. The van der Waals surface area contributed by atoms with Crippen LogP contribution in [0.4, 0.5) is 0 Å². The van der Waals surface area contributed by atoms with Crippen LogP contribution in [0.3, 0.4) is 0 Å². The number of hydrogen-bond acceptors (Lipinski definition) is 1. The average molecular weight is 166 g/mol. The fourth-order valence-corrected chi connectivity index (χ4v) is 0.971. The summed E-state index contributed by atoms with van der Waals surface area (Å²) in [6.07, 6.45) is 3.85. The molecule has 0 saturated heterocycles. The van der Waals surface area contributed by atoms with Crippen molar-refractivity contribution in [2.75, 3.05) is 0 Å². The Balaban J connectivity index is 4.93. The van der Waals surface area contributed by atoms with Gasteiger partial charge in [0.2, 0.25) is 0 Å². The third-order valence-corrected chi connectivity index (χ3v) is 1.65. The van der Waals surface area contributed by atoms with Crippen LogP contribution in [0.5, 0.6) is 0 Å². The molecule has 0 rings (SSSR count). The molecular weight excluding hydrogens is 148 g/mol. The van der Waals surface area contributed by atoms with Gasteiger partial charge in [0.05, 0.1) is 0 Å². The van der Waals surface area contributed by atoms with Crippen molar-refractivity contribution in [3.63, 3.8) is 0 Å². The van der Waals surface area contributed by atoms with Gasteiger partial charge in [-0.1, -0.05) is 32.6 Å². The molecule has 1 nitrogen and oxygen atoms in total. The van der Waals surface area contributed by atoms with Crippen LogP contribution in [-0.2, 0) is 0 Å². The van der Waals surface area contributed by atoms with Crippen molar-refractivity contribution in [1.29, 1.82) is 0 Å². The summed E-state index contributed by atoms with van der Waals surface area (Å²) in [5, 5.41) is 9.62. The van der Waals surface area contributed by atoms with Crippen molar-refractivity contribution in [3.8, 4) is 0 Å². The van der Waals surface area contributed by atoms with E-state index in [2.05, 4.69) is 20.4 Å². The van der Waals surface area contributed by atoms with Crippen LogP contribution in [0.15, 0.2) is 35.6 Å². The molecule has 0 amide bonds. The lowest BCUT2D eigenvalue weighted by Gasteiger charge is -2.09. The van der Waals surface area contributed by atoms with Gasteiger partial charge in [0.1, 0.15) is 5.76 Å². The maximum atomic E-state index is 9.62. The van der Waals surface area contributed by atoms with Gasteiger partial charge in [-0.05, 0) is 30.9 Å². The first-order valence-electron chi connectivity index (χ1n) is 4.22. The van der Waals surface area contributed by atoms with Gasteiger partial charge >= 0.3 is 0 Å². The molecule has 68 valence electrons. The Morgan fingerprint density at radius 1 is 1.42 bits per heavy atom. The molecule has 0 unspecified atom stereocenters. The van der Waals surface area contributed by atoms with Crippen molar-refractivity contribution in [1.82, 2.24) is 0 Å². The largest absolute Gasteiger partial charge is 0.507 e. The Morgan fingerprint density at radius 2 is 1.92 bits per heavy atom. The van der Waals surface area contributed by atoms with Gasteiger partial charge in [-0.15, -0.1) is 0 Å². The van der Waals surface area contributed by atoms with Gasteiger partial charge in [0.15, 0.2) is 0 Å². The maximum Gasteiger partial charge on any atom is 0.121 e. The fourth-order valence-electron chi connectivity index (χ4n) is 0.971. The Bertz CT molecular complexity index is 219. The predicted octanol–water partition coefficient (Wildman–Crippen LogP) is 3.61. The second kappa shape index (κ2) is 4.81. The molecular formula is C11H18O. The lowest BCUT2D eigenvalue weighted by Crippen LogP contribution is -1.97. The van der Waals surface area contributed by atoms with Crippen LogP contribution < -0.4 is 0 Å². The molecule has 0 bridgehead atoms. The molecule has 0 aromatic carbocycles. The summed E-state index contributed by atoms with van der Waals surface area (Å²) in [4.78, 5) is 0. The number of aliphatic hydroxyl groups excluding tert-OH is 1. The monoisotopic (exact) mass is 166 g/mol. The molecule has 0 fully saturated rings. The van der Waals surface area contributed by atoms with Crippen LogP contribution in [-0.4, -0.2) is 5.11 Å². The van der Waals surface area contributed by atoms with Crippen molar-refractivity contribution >= 4 is 0 Å². The second-order valence-corrected chi connectivity index (χ2v) is 3.24. The SMILES string of the molecule is C=C(C)/C(O)=C(\C=C/C)C(C)C. The molecule has 0 atom stereocenters. The van der Waals surface area contributed by atoms with Gasteiger partial charge in [-0.2, -0.15) is 0 Å². The summed E-state index contributed by atoms with van der Waals surface area (Å²) >= 11 is 0. The summed E-state index contributed by atoms with van der Waals surface area (Å²) in [5.41, 5.74) is 1.67. The highest BCUT2D eigenvalue weighted by atomic mass is 16.3. The number of hydrogen-bond donors (Lipinski definition) is 1. The molecule has 0 spiro atoms. The standard InChI is InChI=1S/C11H18O/c1-6-7-10(8(2)3)11(12)9(4)5/h6-8,12H,4H2,1-3,5H3/b7-6-,11-10-. The third-order valence-electron chi connectivity index (χ3n) is 1.65. The summed E-state index contributed by atoms with van der Waals surface area (Å²) in [6.45, 7) is 11.5. The number of aliphatic hydroxyl groups is 1. The van der Waals surface area contributed by atoms with Crippen molar-refractivity contribution < 1.29 is 5.11 Å². The minimum absolute atomic E-state index is 0.322. The summed E-state index contributed by atoms with van der Waals surface area (Å²) in [7, 11) is 0. The first-order chi connectivity index (χ1) is 5.50. The van der Waals surface area contributed by atoms with E-state index in [1.54, 1.807) is 6.92 Å². The topological polar surface area (TPSA) is 20.2 Å². The van der Waals surface area contributed by atoms with Crippen LogP contribution in [0.25, 0.3) is 0 Å². The molecule has 1 N–H and O–H groups in total. The molecule has 0 aromatic rings. The van der Waals surface area contributed by atoms with Gasteiger partial charge in [0, 0.05) is 0 Å². The first kappa shape index (κ1) is 11.0. The van der Waals surface area contributed by atoms with E-state index in [4.69, 9.17) is 0 Å². The highest BCUT2D eigenvalue weighted by Crippen LogP contribution is 2.18. The van der Waals surface area contributed by atoms with Crippen molar-refractivity contribution in [3.05, 3.63) is 35.6 Å². The van der Waals surface area contributed by atoms with E-state index >= 15 is 0 Å². The molecule has 1 heteroatoms. The van der Waals surface area contributed by atoms with Gasteiger partial charge in [-0.25, -0.2) is 0 Å². The zero-order chi connectivity index (χ0) is 9.72. The molecule has 0 aromatic heterocycles. The van der Waals surface area contributed by atoms with Gasteiger partial charge in [0.25, 0.3) is 0 Å². The van der Waals surface area contributed by atoms with E-state index in [-0.39, 0.29) is 0 Å². The average Bonchev–Trinajstić information content (AvgIpc) is 1.98. The quantitative estimate of drug-likeness (QED) is 0.501. The Kier molecular flexibility index (Phi) is 4.42. The van der Waals surface area contributed by atoms with Gasteiger partial charge < -0.3 is 5.11 Å². The Labute approximate surface area is 75.1 Å².